The lowest BCUT2D eigenvalue weighted by Crippen LogP contribution is -2.46. The molecule has 0 aliphatic carbocycles. The minimum Gasteiger partial charge on any atom is -0.443 e. The molecule has 0 fully saturated rings. The number of anilines is 2. The van der Waals surface area contributed by atoms with Gasteiger partial charge in [0.1, 0.15) is 11.2 Å². The lowest BCUT2D eigenvalue weighted by molar-refractivity contribution is 0.0507. The number of hydrogen-bond donors (Lipinski definition) is 2. The average molecular weight is 577 g/mol. The summed E-state index contributed by atoms with van der Waals surface area (Å²) in [4.78, 5) is 43.8. The number of para-hydroxylation sites is 1. The molecule has 9 nitrogen and oxygen atoms in total. The summed E-state index contributed by atoms with van der Waals surface area (Å²) < 4.78 is 12.1. The summed E-state index contributed by atoms with van der Waals surface area (Å²) in [7, 11) is 0. The molecule has 1 aliphatic rings. The Morgan fingerprint density at radius 1 is 0.951 bits per heavy atom. The normalized spacial score (nSPS) is 15.3. The molecule has 1 aromatic heterocycles. The number of fused-ring (bicyclic) bond motifs is 1. The van der Waals surface area contributed by atoms with Crippen LogP contribution in [0.5, 0.6) is 0 Å². The Morgan fingerprint density at radius 2 is 1.56 bits per heavy atom. The van der Waals surface area contributed by atoms with Crippen molar-refractivity contribution in [1.82, 2.24) is 9.78 Å². The summed E-state index contributed by atoms with van der Waals surface area (Å²) in [6.07, 6.45) is 2.64. The SMILES string of the molecule is CCC=c1[nH]n(C(=O)OC(C)(C)C)c(=O)c1=C1C=C(Sc2ccc(N)cc2)c2ccccc2N1C(=O)OC(C)(C)C. The molecule has 0 atom stereocenters. The second-order valence-corrected chi connectivity index (χ2v) is 12.6. The van der Waals surface area contributed by atoms with Crippen molar-refractivity contribution in [3.05, 3.63) is 81.1 Å². The van der Waals surface area contributed by atoms with E-state index >= 15 is 0 Å². The molecule has 0 unspecified atom stereocenters. The third-order valence-electron chi connectivity index (χ3n) is 5.76. The number of ether oxygens (including phenoxy) is 2. The van der Waals surface area contributed by atoms with Crippen molar-refractivity contribution in [3.63, 3.8) is 0 Å². The van der Waals surface area contributed by atoms with Crippen molar-refractivity contribution in [1.29, 1.82) is 0 Å². The molecule has 41 heavy (non-hydrogen) atoms. The zero-order valence-electron chi connectivity index (χ0n) is 24.4. The van der Waals surface area contributed by atoms with Crippen LogP contribution >= 0.6 is 11.8 Å². The number of nitrogens with one attached hydrogen (secondary N) is 1. The van der Waals surface area contributed by atoms with Crippen LogP contribution in [0.2, 0.25) is 0 Å². The number of carbonyl (C=O) groups is 2. The molecule has 0 spiro atoms. The third-order valence-corrected chi connectivity index (χ3v) is 6.83. The molecule has 4 rings (SSSR count). The van der Waals surface area contributed by atoms with Gasteiger partial charge in [0.2, 0.25) is 0 Å². The number of nitrogen functional groups attached to an aromatic ring is 1. The molecule has 0 saturated carbocycles. The maximum atomic E-state index is 13.9. The van der Waals surface area contributed by atoms with E-state index in [4.69, 9.17) is 15.2 Å². The van der Waals surface area contributed by atoms with E-state index in [1.165, 1.54) is 16.7 Å². The summed E-state index contributed by atoms with van der Waals surface area (Å²) in [5.74, 6) is 0. The molecule has 3 aromatic rings. The number of aromatic amines is 1. The largest absolute Gasteiger partial charge is 0.443 e. The average Bonchev–Trinajstić information content (AvgIpc) is 3.19. The first-order valence-electron chi connectivity index (χ1n) is 13.3. The molecule has 2 heterocycles. The summed E-state index contributed by atoms with van der Waals surface area (Å²) in [5.41, 5.74) is 5.88. The quantitative estimate of drug-likeness (QED) is 0.399. The van der Waals surface area contributed by atoms with Gasteiger partial charge >= 0.3 is 12.2 Å². The lowest BCUT2D eigenvalue weighted by Gasteiger charge is -2.32. The summed E-state index contributed by atoms with van der Waals surface area (Å²) in [6.45, 7) is 12.4. The fourth-order valence-electron chi connectivity index (χ4n) is 4.20. The van der Waals surface area contributed by atoms with Crippen molar-refractivity contribution >= 4 is 52.0 Å². The number of nitrogens with two attached hydrogens (primary N) is 1. The Balaban J connectivity index is 2.06. The number of aromatic nitrogens is 2. The molecule has 3 N–H and O–H groups in total. The smallest absolute Gasteiger partial charge is 0.436 e. The Hall–Kier alpha value is -4.18. The first kappa shape index (κ1) is 29.8. The second kappa shape index (κ2) is 11.4. The molecule has 216 valence electrons. The molecule has 0 radical (unpaired) electrons. The van der Waals surface area contributed by atoms with Crippen LogP contribution in [0.15, 0.2) is 64.3 Å². The first-order chi connectivity index (χ1) is 19.2. The molecule has 1 amide bonds. The van der Waals surface area contributed by atoms with Crippen LogP contribution in [0.25, 0.3) is 16.7 Å². The molecule has 10 heteroatoms. The van der Waals surface area contributed by atoms with Gasteiger partial charge in [-0.05, 0) is 84.4 Å². The van der Waals surface area contributed by atoms with Gasteiger partial charge in [0.25, 0.3) is 5.56 Å². The van der Waals surface area contributed by atoms with Crippen LogP contribution in [0.4, 0.5) is 21.0 Å². The second-order valence-electron chi connectivity index (χ2n) is 11.5. The van der Waals surface area contributed by atoms with Gasteiger partial charge in [-0.25, -0.2) is 14.5 Å². The van der Waals surface area contributed by atoms with Gasteiger partial charge in [-0.1, -0.05) is 43.0 Å². The summed E-state index contributed by atoms with van der Waals surface area (Å²) >= 11 is 1.47. The van der Waals surface area contributed by atoms with Gasteiger partial charge in [-0.2, -0.15) is 0 Å². The minimum atomic E-state index is -0.847. The molecule has 0 bridgehead atoms. The van der Waals surface area contributed by atoms with E-state index < -0.39 is 28.9 Å². The van der Waals surface area contributed by atoms with Gasteiger partial charge in [0.15, 0.2) is 0 Å². The first-order valence-corrected chi connectivity index (χ1v) is 14.2. The van der Waals surface area contributed by atoms with Crippen LogP contribution in [0.1, 0.15) is 60.5 Å². The van der Waals surface area contributed by atoms with Gasteiger partial charge < -0.3 is 15.2 Å². The van der Waals surface area contributed by atoms with Crippen molar-refractivity contribution in [2.75, 3.05) is 10.6 Å². The lowest BCUT2D eigenvalue weighted by atomic mass is 10.0. The zero-order valence-corrected chi connectivity index (χ0v) is 25.2. The van der Waals surface area contributed by atoms with E-state index in [2.05, 4.69) is 5.10 Å². The number of carbonyl (C=O) groups excluding carboxylic acids is 2. The fraction of sp³-hybridized carbons (Fsp3) is 0.323. The van der Waals surface area contributed by atoms with E-state index in [0.29, 0.717) is 23.1 Å². The maximum absolute atomic E-state index is 13.9. The molecule has 0 saturated heterocycles. The summed E-state index contributed by atoms with van der Waals surface area (Å²) in [5, 5.41) is 3.43. The van der Waals surface area contributed by atoms with Gasteiger partial charge in [-0.3, -0.25) is 9.89 Å². The monoisotopic (exact) mass is 576 g/mol. The van der Waals surface area contributed by atoms with E-state index in [-0.39, 0.29) is 10.9 Å². The molecular formula is C31H36N4O5S. The fourth-order valence-corrected chi connectivity index (χ4v) is 5.18. The summed E-state index contributed by atoms with van der Waals surface area (Å²) in [6, 6.07) is 14.9. The van der Waals surface area contributed by atoms with Crippen molar-refractivity contribution in [3.8, 4) is 0 Å². The van der Waals surface area contributed by atoms with E-state index in [1.807, 2.05) is 49.4 Å². The number of benzene rings is 2. The maximum Gasteiger partial charge on any atom is 0.436 e. The number of H-pyrrole nitrogens is 1. The van der Waals surface area contributed by atoms with Gasteiger partial charge in [-0.15, -0.1) is 4.68 Å². The topological polar surface area (TPSA) is 120 Å². The highest BCUT2D eigenvalue weighted by Crippen LogP contribution is 2.44. The highest BCUT2D eigenvalue weighted by atomic mass is 32.2. The number of thioether (sulfide) groups is 1. The Morgan fingerprint density at radius 3 is 2.17 bits per heavy atom. The van der Waals surface area contributed by atoms with Gasteiger partial charge in [0.05, 0.1) is 22.0 Å². The number of amides is 1. The van der Waals surface area contributed by atoms with E-state index in [1.54, 1.807) is 59.8 Å². The molecule has 1 aliphatic heterocycles. The van der Waals surface area contributed by atoms with Crippen LogP contribution in [0.3, 0.4) is 0 Å². The molecular weight excluding hydrogens is 540 g/mol. The number of nitrogens with zero attached hydrogens (tertiary/aromatic N) is 2. The molecule has 2 aromatic carbocycles. The predicted octanol–water partition coefficient (Wildman–Crippen LogP) is 5.43. The van der Waals surface area contributed by atoms with E-state index in [9.17, 15) is 14.4 Å². The van der Waals surface area contributed by atoms with E-state index in [0.717, 1.165) is 20.0 Å². The Bertz CT molecular complexity index is 1690. The minimum absolute atomic E-state index is 0.147. The predicted molar refractivity (Wildman–Crippen MR) is 164 cm³/mol. The van der Waals surface area contributed by atoms with Crippen molar-refractivity contribution < 1.29 is 19.1 Å². The number of hydrogen-bond acceptors (Lipinski definition) is 7. The van der Waals surface area contributed by atoms with Crippen molar-refractivity contribution in [2.24, 2.45) is 0 Å². The van der Waals surface area contributed by atoms with Crippen LogP contribution < -0.4 is 26.8 Å². The van der Waals surface area contributed by atoms with Crippen LogP contribution in [-0.4, -0.2) is 33.2 Å². The standard InChI is InChI=1S/C31H36N4O5S/c1-8-11-22-26(27(36)35(33-22)29(38)40-31(5,6)7)24-18-25(41-20-16-14-19(32)15-17-20)21-12-9-10-13-23(21)34(24)28(37)39-30(2,3)4/h9-18,33H,8,32H2,1-7H3. The van der Waals surface area contributed by atoms with Gasteiger partial charge in [0, 0.05) is 21.1 Å². The van der Waals surface area contributed by atoms with Crippen molar-refractivity contribution in [2.45, 2.75) is 71.0 Å². The van der Waals surface area contributed by atoms with Crippen LogP contribution in [0, 0.1) is 0 Å². The Labute approximate surface area is 243 Å². The zero-order chi connectivity index (χ0) is 30.1. The van der Waals surface area contributed by atoms with Crippen LogP contribution in [-0.2, 0) is 9.47 Å². The third kappa shape index (κ3) is 6.77. The number of rotatable bonds is 3. The highest BCUT2D eigenvalue weighted by molar-refractivity contribution is 8.08. The highest BCUT2D eigenvalue weighted by Gasteiger charge is 2.33. The Kier molecular flexibility index (Phi) is 8.26.